The molecule has 21 heavy (non-hydrogen) atoms. The summed E-state index contributed by atoms with van der Waals surface area (Å²) in [5.74, 6) is 0.755. The Morgan fingerprint density at radius 3 is 2.76 bits per heavy atom. The van der Waals surface area contributed by atoms with Gasteiger partial charge in [-0.25, -0.2) is 0 Å². The summed E-state index contributed by atoms with van der Waals surface area (Å²) in [6.45, 7) is 8.29. The average Bonchev–Trinajstić information content (AvgIpc) is 2.81. The molecule has 3 atom stereocenters. The van der Waals surface area contributed by atoms with Crippen molar-refractivity contribution >= 4 is 5.91 Å². The molecule has 2 heterocycles. The summed E-state index contributed by atoms with van der Waals surface area (Å²) in [5, 5.41) is 3.55. The van der Waals surface area contributed by atoms with Crippen LogP contribution in [0.2, 0.25) is 0 Å². The summed E-state index contributed by atoms with van der Waals surface area (Å²) in [4.78, 5) is 14.7. The highest BCUT2D eigenvalue weighted by molar-refractivity contribution is 5.84. The fourth-order valence-electron chi connectivity index (χ4n) is 3.44. The van der Waals surface area contributed by atoms with Crippen LogP contribution in [0.5, 0.6) is 0 Å². The number of nitrogens with zero attached hydrogens (tertiary/aromatic N) is 1. The number of hydrogen-bond donors (Lipinski definition) is 1. The standard InChI is InChI=1S/C17H32N2O2/c1-4-5-9-15-17(20)19(16(18-15)13(2)3)11-10-14-8-6-7-12-21-14/h13-16,18H,4-12H2,1-3H3. The number of amides is 1. The minimum Gasteiger partial charge on any atom is -0.378 e. The highest BCUT2D eigenvalue weighted by Crippen LogP contribution is 2.23. The predicted molar refractivity (Wildman–Crippen MR) is 85.0 cm³/mol. The van der Waals surface area contributed by atoms with Crippen LogP contribution in [0.4, 0.5) is 0 Å². The van der Waals surface area contributed by atoms with Gasteiger partial charge in [-0.05, 0) is 38.0 Å². The molecule has 4 nitrogen and oxygen atoms in total. The molecule has 122 valence electrons. The second-order valence-electron chi connectivity index (χ2n) is 6.86. The molecule has 1 amide bonds. The van der Waals surface area contributed by atoms with Crippen molar-refractivity contribution in [2.45, 2.75) is 84.0 Å². The van der Waals surface area contributed by atoms with E-state index in [0.717, 1.165) is 45.3 Å². The van der Waals surface area contributed by atoms with Crippen molar-refractivity contribution in [1.29, 1.82) is 0 Å². The first-order valence-electron chi connectivity index (χ1n) is 8.81. The zero-order valence-electron chi connectivity index (χ0n) is 13.9. The van der Waals surface area contributed by atoms with Crippen molar-refractivity contribution in [3.63, 3.8) is 0 Å². The Morgan fingerprint density at radius 2 is 2.14 bits per heavy atom. The van der Waals surface area contributed by atoms with Gasteiger partial charge in [0.05, 0.1) is 18.3 Å². The first-order chi connectivity index (χ1) is 10.1. The molecule has 2 fully saturated rings. The van der Waals surface area contributed by atoms with E-state index in [1.807, 2.05) is 0 Å². The summed E-state index contributed by atoms with van der Waals surface area (Å²) in [6.07, 6.45) is 8.38. The molecule has 3 unspecified atom stereocenters. The third-order valence-electron chi connectivity index (χ3n) is 4.73. The van der Waals surface area contributed by atoms with Crippen LogP contribution in [-0.2, 0) is 9.53 Å². The van der Waals surface area contributed by atoms with Crippen LogP contribution in [0.15, 0.2) is 0 Å². The number of nitrogens with one attached hydrogen (secondary N) is 1. The van der Waals surface area contributed by atoms with E-state index in [-0.39, 0.29) is 12.2 Å². The van der Waals surface area contributed by atoms with Crippen LogP contribution >= 0.6 is 0 Å². The number of carbonyl (C=O) groups excluding carboxylic acids is 1. The zero-order chi connectivity index (χ0) is 15.2. The van der Waals surface area contributed by atoms with Crippen molar-refractivity contribution in [2.75, 3.05) is 13.2 Å². The van der Waals surface area contributed by atoms with Gasteiger partial charge >= 0.3 is 0 Å². The number of unbranched alkanes of at least 4 members (excludes halogenated alkanes) is 1. The van der Waals surface area contributed by atoms with Gasteiger partial charge in [-0.2, -0.15) is 0 Å². The fourth-order valence-corrected chi connectivity index (χ4v) is 3.44. The highest BCUT2D eigenvalue weighted by Gasteiger charge is 2.39. The average molecular weight is 296 g/mol. The molecule has 0 spiro atoms. The molecular weight excluding hydrogens is 264 g/mol. The van der Waals surface area contributed by atoms with Crippen LogP contribution in [0.1, 0.15) is 65.7 Å². The van der Waals surface area contributed by atoms with Crippen LogP contribution in [0.3, 0.4) is 0 Å². The molecule has 0 radical (unpaired) electrons. The maximum Gasteiger partial charge on any atom is 0.241 e. The summed E-state index contributed by atoms with van der Waals surface area (Å²) < 4.78 is 5.80. The number of rotatable bonds is 7. The van der Waals surface area contributed by atoms with E-state index in [1.165, 1.54) is 12.8 Å². The van der Waals surface area contributed by atoms with Crippen LogP contribution < -0.4 is 5.32 Å². The first-order valence-corrected chi connectivity index (χ1v) is 8.81. The normalized spacial score (nSPS) is 30.4. The second kappa shape index (κ2) is 8.14. The lowest BCUT2D eigenvalue weighted by molar-refractivity contribution is -0.131. The Kier molecular flexibility index (Phi) is 6.49. The molecule has 2 aliphatic heterocycles. The number of hydrogen-bond acceptors (Lipinski definition) is 3. The number of ether oxygens (including phenoxy) is 1. The SMILES string of the molecule is CCCCC1NC(C(C)C)N(CCC2CCCCO2)C1=O. The molecule has 0 aliphatic carbocycles. The summed E-state index contributed by atoms with van der Waals surface area (Å²) in [5.41, 5.74) is 0. The molecular formula is C17H32N2O2. The third-order valence-corrected chi connectivity index (χ3v) is 4.73. The number of carbonyl (C=O) groups is 1. The highest BCUT2D eigenvalue weighted by atomic mass is 16.5. The lowest BCUT2D eigenvalue weighted by Crippen LogP contribution is -2.43. The van der Waals surface area contributed by atoms with Gasteiger partial charge in [0.2, 0.25) is 5.91 Å². The van der Waals surface area contributed by atoms with Gasteiger partial charge in [0.25, 0.3) is 0 Å². The van der Waals surface area contributed by atoms with Crippen molar-refractivity contribution in [2.24, 2.45) is 5.92 Å². The quantitative estimate of drug-likeness (QED) is 0.785. The van der Waals surface area contributed by atoms with Gasteiger partial charge in [0.1, 0.15) is 0 Å². The molecule has 0 saturated carbocycles. The molecule has 4 heteroatoms. The summed E-state index contributed by atoms with van der Waals surface area (Å²) in [7, 11) is 0. The van der Waals surface area contributed by atoms with Crippen molar-refractivity contribution in [1.82, 2.24) is 10.2 Å². The van der Waals surface area contributed by atoms with Crippen LogP contribution in [0, 0.1) is 5.92 Å². The Morgan fingerprint density at radius 1 is 1.33 bits per heavy atom. The van der Waals surface area contributed by atoms with E-state index in [9.17, 15) is 4.79 Å². The molecule has 2 aliphatic rings. The van der Waals surface area contributed by atoms with Gasteiger partial charge in [-0.3, -0.25) is 10.1 Å². The van der Waals surface area contributed by atoms with Gasteiger partial charge in [-0.1, -0.05) is 33.6 Å². The predicted octanol–water partition coefficient (Wildman–Crippen LogP) is 2.92. The van der Waals surface area contributed by atoms with Crippen LogP contribution in [-0.4, -0.2) is 42.3 Å². The lowest BCUT2D eigenvalue weighted by atomic mass is 10.1. The molecule has 0 aromatic rings. The molecule has 0 aromatic heterocycles. The Hall–Kier alpha value is -0.610. The van der Waals surface area contributed by atoms with Gasteiger partial charge in [0, 0.05) is 13.2 Å². The topological polar surface area (TPSA) is 41.6 Å². The van der Waals surface area contributed by atoms with Gasteiger partial charge in [-0.15, -0.1) is 0 Å². The molecule has 1 N–H and O–H groups in total. The smallest absolute Gasteiger partial charge is 0.241 e. The summed E-state index contributed by atoms with van der Waals surface area (Å²) >= 11 is 0. The molecule has 2 saturated heterocycles. The van der Waals surface area contributed by atoms with E-state index in [2.05, 4.69) is 31.0 Å². The van der Waals surface area contributed by atoms with E-state index in [1.54, 1.807) is 0 Å². The van der Waals surface area contributed by atoms with Crippen LogP contribution in [0.25, 0.3) is 0 Å². The maximum atomic E-state index is 12.6. The van der Waals surface area contributed by atoms with Crippen molar-refractivity contribution in [3.8, 4) is 0 Å². The Labute approximate surface area is 129 Å². The largest absolute Gasteiger partial charge is 0.378 e. The Balaban J connectivity index is 1.89. The maximum absolute atomic E-state index is 12.6. The molecule has 2 rings (SSSR count). The minimum atomic E-state index is 0.0321. The van der Waals surface area contributed by atoms with Gasteiger partial charge in [0.15, 0.2) is 0 Å². The minimum absolute atomic E-state index is 0.0321. The van der Waals surface area contributed by atoms with E-state index < -0.39 is 0 Å². The molecule has 0 aromatic carbocycles. The second-order valence-corrected chi connectivity index (χ2v) is 6.86. The van der Waals surface area contributed by atoms with Gasteiger partial charge < -0.3 is 9.64 Å². The zero-order valence-corrected chi connectivity index (χ0v) is 13.9. The van der Waals surface area contributed by atoms with Crippen molar-refractivity contribution in [3.05, 3.63) is 0 Å². The third kappa shape index (κ3) is 4.43. The van der Waals surface area contributed by atoms with E-state index >= 15 is 0 Å². The monoisotopic (exact) mass is 296 g/mol. The lowest BCUT2D eigenvalue weighted by Gasteiger charge is -2.30. The first kappa shape index (κ1) is 16.8. The summed E-state index contributed by atoms with van der Waals surface area (Å²) in [6, 6.07) is 0.0321. The molecule has 0 bridgehead atoms. The van der Waals surface area contributed by atoms with E-state index in [4.69, 9.17) is 4.74 Å². The van der Waals surface area contributed by atoms with Crippen molar-refractivity contribution < 1.29 is 9.53 Å². The van der Waals surface area contributed by atoms with E-state index in [0.29, 0.717) is 17.9 Å². The Bertz CT molecular complexity index is 327. The fraction of sp³-hybridized carbons (Fsp3) is 0.941.